The number of carbonyl (C=O) groups excluding carboxylic acids is 1. The molecule has 29 heavy (non-hydrogen) atoms. The predicted molar refractivity (Wildman–Crippen MR) is 115 cm³/mol. The Balaban J connectivity index is 1.66. The highest BCUT2D eigenvalue weighted by molar-refractivity contribution is 5.95. The number of rotatable bonds is 7. The van der Waals surface area contributed by atoms with Gasteiger partial charge < -0.3 is 4.74 Å². The Morgan fingerprint density at radius 3 is 2.45 bits per heavy atom. The number of aromatic nitrogens is 2. The molecule has 1 N–H and O–H groups in total. The first-order valence-corrected chi connectivity index (χ1v) is 9.63. The Labute approximate surface area is 171 Å². The Hall–Kier alpha value is -3.41. The number of hydrogen-bond acceptors (Lipinski definition) is 4. The summed E-state index contributed by atoms with van der Waals surface area (Å²) in [6, 6.07) is 15.4. The molecule has 0 bridgehead atoms. The minimum atomic E-state index is -0.272. The summed E-state index contributed by atoms with van der Waals surface area (Å²) in [4.78, 5) is 12.3. The summed E-state index contributed by atoms with van der Waals surface area (Å²) in [5.74, 6) is 0.464. The van der Waals surface area contributed by atoms with Crippen LogP contribution in [0.3, 0.4) is 0 Å². The van der Waals surface area contributed by atoms with Crippen molar-refractivity contribution in [2.24, 2.45) is 5.10 Å². The third kappa shape index (κ3) is 5.10. The fourth-order valence-electron chi connectivity index (χ4n) is 3.01. The molecule has 0 radical (unpaired) electrons. The van der Waals surface area contributed by atoms with Crippen molar-refractivity contribution in [1.82, 2.24) is 15.2 Å². The minimum absolute atomic E-state index is 0.272. The van der Waals surface area contributed by atoms with Crippen LogP contribution in [0.15, 0.2) is 53.6 Å². The van der Waals surface area contributed by atoms with Crippen LogP contribution in [0.25, 0.3) is 0 Å². The number of nitrogens with one attached hydrogen (secondary N) is 1. The molecule has 6 heteroatoms. The second kappa shape index (κ2) is 9.19. The number of benzene rings is 2. The Kier molecular flexibility index (Phi) is 6.44. The molecule has 1 aromatic heterocycles. The molecular formula is C23H26N4O2. The first-order valence-electron chi connectivity index (χ1n) is 9.63. The van der Waals surface area contributed by atoms with Gasteiger partial charge in [-0.05, 0) is 57.5 Å². The van der Waals surface area contributed by atoms with Gasteiger partial charge in [0, 0.05) is 16.8 Å². The second-order valence-electron chi connectivity index (χ2n) is 6.88. The maximum Gasteiger partial charge on any atom is 0.271 e. The van der Waals surface area contributed by atoms with E-state index in [1.807, 2.05) is 25.5 Å². The fourth-order valence-corrected chi connectivity index (χ4v) is 3.01. The molecule has 2 aromatic carbocycles. The summed E-state index contributed by atoms with van der Waals surface area (Å²) in [5.41, 5.74) is 8.29. The van der Waals surface area contributed by atoms with Crippen LogP contribution in [-0.4, -0.2) is 28.5 Å². The number of amides is 1. The molecule has 0 unspecified atom stereocenters. The molecule has 0 aliphatic heterocycles. The van der Waals surface area contributed by atoms with Crippen LogP contribution in [0.4, 0.5) is 0 Å². The zero-order valence-corrected chi connectivity index (χ0v) is 17.3. The second-order valence-corrected chi connectivity index (χ2v) is 6.88. The van der Waals surface area contributed by atoms with Crippen LogP contribution in [0, 0.1) is 20.8 Å². The van der Waals surface area contributed by atoms with Crippen molar-refractivity contribution in [2.45, 2.75) is 34.2 Å². The standard InChI is InChI=1S/C23H26N4O2/c1-5-29-21-12-10-20(11-13-21)23(28)25-24-14-22-17(3)26-27(18(22)4)15-19-8-6-16(2)7-9-19/h6-14H,5,15H2,1-4H3,(H,25,28)/b24-14-. The normalized spacial score (nSPS) is 11.0. The summed E-state index contributed by atoms with van der Waals surface area (Å²) < 4.78 is 7.34. The number of carbonyl (C=O) groups is 1. The number of hydrogen-bond donors (Lipinski definition) is 1. The Morgan fingerprint density at radius 2 is 1.79 bits per heavy atom. The molecule has 3 aromatic rings. The summed E-state index contributed by atoms with van der Waals surface area (Å²) in [6.45, 7) is 9.22. The van der Waals surface area contributed by atoms with E-state index in [-0.39, 0.29) is 5.91 Å². The van der Waals surface area contributed by atoms with Gasteiger partial charge in [0.1, 0.15) is 5.75 Å². The van der Waals surface area contributed by atoms with E-state index >= 15 is 0 Å². The number of hydrazone groups is 1. The number of aryl methyl sites for hydroxylation is 2. The lowest BCUT2D eigenvalue weighted by molar-refractivity contribution is 0.0955. The zero-order valence-electron chi connectivity index (χ0n) is 17.3. The highest BCUT2D eigenvalue weighted by Gasteiger charge is 2.11. The molecule has 0 spiro atoms. The lowest BCUT2D eigenvalue weighted by Crippen LogP contribution is -2.17. The maximum atomic E-state index is 12.3. The van der Waals surface area contributed by atoms with E-state index in [1.54, 1.807) is 30.5 Å². The predicted octanol–water partition coefficient (Wildman–Crippen LogP) is 4.02. The van der Waals surface area contributed by atoms with Gasteiger partial charge in [-0.25, -0.2) is 5.43 Å². The molecule has 1 heterocycles. The molecule has 6 nitrogen and oxygen atoms in total. The molecule has 0 fully saturated rings. The van der Waals surface area contributed by atoms with E-state index in [0.29, 0.717) is 18.7 Å². The van der Waals surface area contributed by atoms with Gasteiger partial charge in [-0.2, -0.15) is 10.2 Å². The number of ether oxygens (including phenoxy) is 1. The smallest absolute Gasteiger partial charge is 0.271 e. The third-order valence-corrected chi connectivity index (χ3v) is 4.68. The van der Waals surface area contributed by atoms with Crippen molar-refractivity contribution in [3.8, 4) is 5.75 Å². The van der Waals surface area contributed by atoms with E-state index in [9.17, 15) is 4.79 Å². The van der Waals surface area contributed by atoms with Crippen LogP contribution in [0.1, 0.15) is 45.4 Å². The van der Waals surface area contributed by atoms with E-state index in [1.165, 1.54) is 11.1 Å². The molecule has 0 aliphatic carbocycles. The van der Waals surface area contributed by atoms with E-state index in [4.69, 9.17) is 4.74 Å². The average Bonchev–Trinajstić information content (AvgIpc) is 2.98. The minimum Gasteiger partial charge on any atom is -0.494 e. The van der Waals surface area contributed by atoms with Gasteiger partial charge in [0.15, 0.2) is 0 Å². The summed E-state index contributed by atoms with van der Waals surface area (Å²) >= 11 is 0. The molecule has 1 amide bonds. The largest absolute Gasteiger partial charge is 0.494 e. The topological polar surface area (TPSA) is 68.5 Å². The number of nitrogens with zero attached hydrogens (tertiary/aromatic N) is 3. The molecule has 0 aliphatic rings. The van der Waals surface area contributed by atoms with Crippen molar-refractivity contribution in [1.29, 1.82) is 0 Å². The van der Waals surface area contributed by atoms with Crippen LogP contribution >= 0.6 is 0 Å². The molecular weight excluding hydrogens is 364 g/mol. The lowest BCUT2D eigenvalue weighted by atomic mass is 10.1. The van der Waals surface area contributed by atoms with E-state index in [2.05, 4.69) is 46.8 Å². The summed E-state index contributed by atoms with van der Waals surface area (Å²) in [6.07, 6.45) is 1.65. The SMILES string of the molecule is CCOc1ccc(C(=O)N/N=C\c2c(C)nn(Cc3ccc(C)cc3)c2C)cc1. The molecule has 3 rings (SSSR count). The van der Waals surface area contributed by atoms with Crippen molar-refractivity contribution in [2.75, 3.05) is 6.61 Å². The van der Waals surface area contributed by atoms with E-state index < -0.39 is 0 Å². The Bertz CT molecular complexity index is 1000. The van der Waals surface area contributed by atoms with Gasteiger partial charge in [-0.15, -0.1) is 0 Å². The molecule has 0 atom stereocenters. The highest BCUT2D eigenvalue weighted by Crippen LogP contribution is 2.14. The highest BCUT2D eigenvalue weighted by atomic mass is 16.5. The van der Waals surface area contributed by atoms with Gasteiger partial charge in [-0.3, -0.25) is 9.48 Å². The first kappa shape index (κ1) is 20.3. The lowest BCUT2D eigenvalue weighted by Gasteiger charge is -2.05. The zero-order chi connectivity index (χ0) is 20.8. The first-order chi connectivity index (χ1) is 14.0. The van der Waals surface area contributed by atoms with Gasteiger partial charge in [0.2, 0.25) is 0 Å². The van der Waals surface area contributed by atoms with Crippen LogP contribution in [0.5, 0.6) is 5.75 Å². The molecule has 150 valence electrons. The van der Waals surface area contributed by atoms with Crippen molar-refractivity contribution in [3.63, 3.8) is 0 Å². The van der Waals surface area contributed by atoms with Crippen LogP contribution in [-0.2, 0) is 6.54 Å². The molecule has 0 saturated carbocycles. The quantitative estimate of drug-likeness (QED) is 0.489. The van der Waals surface area contributed by atoms with Gasteiger partial charge >= 0.3 is 0 Å². The van der Waals surface area contributed by atoms with E-state index in [0.717, 1.165) is 22.7 Å². The van der Waals surface area contributed by atoms with Crippen molar-refractivity contribution >= 4 is 12.1 Å². The van der Waals surface area contributed by atoms with Gasteiger partial charge in [0.05, 0.1) is 25.1 Å². The summed E-state index contributed by atoms with van der Waals surface area (Å²) in [5, 5.41) is 8.73. The maximum absolute atomic E-state index is 12.3. The summed E-state index contributed by atoms with van der Waals surface area (Å²) in [7, 11) is 0. The van der Waals surface area contributed by atoms with Gasteiger partial charge in [0.25, 0.3) is 5.91 Å². The van der Waals surface area contributed by atoms with Gasteiger partial charge in [-0.1, -0.05) is 29.8 Å². The fraction of sp³-hybridized carbons (Fsp3) is 0.261. The van der Waals surface area contributed by atoms with Crippen LogP contribution < -0.4 is 10.2 Å². The monoisotopic (exact) mass is 390 g/mol. The average molecular weight is 390 g/mol. The van der Waals surface area contributed by atoms with Crippen LogP contribution in [0.2, 0.25) is 0 Å². The van der Waals surface area contributed by atoms with Crippen molar-refractivity contribution < 1.29 is 9.53 Å². The molecule has 0 saturated heterocycles. The Morgan fingerprint density at radius 1 is 1.10 bits per heavy atom. The third-order valence-electron chi connectivity index (χ3n) is 4.68. The van der Waals surface area contributed by atoms with Crippen molar-refractivity contribution in [3.05, 3.63) is 82.2 Å².